The van der Waals surface area contributed by atoms with Gasteiger partial charge in [0.15, 0.2) is 5.82 Å². The average Bonchev–Trinajstić information content (AvgIpc) is 2.63. The average molecular weight is 248 g/mol. The molecule has 1 fully saturated rings. The third kappa shape index (κ3) is 2.36. The molecule has 0 spiro atoms. The first-order valence-electron chi connectivity index (χ1n) is 5.27. The van der Waals surface area contributed by atoms with E-state index in [-0.39, 0.29) is 23.9 Å². The Morgan fingerprint density at radius 3 is 2.75 bits per heavy atom. The standard InChI is InChI=1S/C10H17N3O2.ClH/c1-7(6-14-2)8-12-9(13-15-8)10(11)4-3-5-10;/h7H,3-6,11H2,1-2H3;1H. The molecule has 1 aromatic heterocycles. The number of methoxy groups -OCH3 is 1. The molecule has 0 radical (unpaired) electrons. The van der Waals surface area contributed by atoms with Crippen LogP contribution in [0, 0.1) is 0 Å². The molecule has 1 atom stereocenters. The monoisotopic (exact) mass is 247 g/mol. The number of ether oxygens (including phenoxy) is 1. The molecule has 16 heavy (non-hydrogen) atoms. The number of hydrogen-bond acceptors (Lipinski definition) is 5. The zero-order valence-corrected chi connectivity index (χ0v) is 10.4. The summed E-state index contributed by atoms with van der Waals surface area (Å²) in [5, 5.41) is 3.95. The molecule has 1 aliphatic carbocycles. The Balaban J connectivity index is 0.00000128. The van der Waals surface area contributed by atoms with E-state index >= 15 is 0 Å². The van der Waals surface area contributed by atoms with E-state index in [0.29, 0.717) is 18.3 Å². The fraction of sp³-hybridized carbons (Fsp3) is 0.800. The van der Waals surface area contributed by atoms with Crippen molar-refractivity contribution in [3.8, 4) is 0 Å². The lowest BCUT2D eigenvalue weighted by Gasteiger charge is -2.34. The van der Waals surface area contributed by atoms with Crippen molar-refractivity contribution in [2.75, 3.05) is 13.7 Å². The number of nitrogens with zero attached hydrogens (tertiary/aromatic N) is 2. The van der Waals surface area contributed by atoms with E-state index in [4.69, 9.17) is 15.0 Å². The summed E-state index contributed by atoms with van der Waals surface area (Å²) in [6.07, 6.45) is 3.04. The van der Waals surface area contributed by atoms with Crippen molar-refractivity contribution < 1.29 is 9.26 Å². The van der Waals surface area contributed by atoms with Gasteiger partial charge in [-0.3, -0.25) is 0 Å². The lowest BCUT2D eigenvalue weighted by atomic mass is 9.77. The topological polar surface area (TPSA) is 74.2 Å². The Bertz CT molecular complexity index is 339. The second kappa shape index (κ2) is 5.12. The molecule has 0 amide bonds. The second-order valence-corrected chi connectivity index (χ2v) is 4.32. The van der Waals surface area contributed by atoms with Gasteiger partial charge in [-0.2, -0.15) is 4.98 Å². The van der Waals surface area contributed by atoms with Crippen molar-refractivity contribution in [3.05, 3.63) is 11.7 Å². The van der Waals surface area contributed by atoms with Crippen molar-refractivity contribution in [2.24, 2.45) is 5.73 Å². The maximum absolute atomic E-state index is 6.10. The molecule has 92 valence electrons. The number of rotatable bonds is 4. The predicted octanol–water partition coefficient (Wildman–Crippen LogP) is 1.58. The van der Waals surface area contributed by atoms with Crippen molar-refractivity contribution in [3.63, 3.8) is 0 Å². The van der Waals surface area contributed by atoms with E-state index in [2.05, 4.69) is 10.1 Å². The van der Waals surface area contributed by atoms with Crippen LogP contribution in [0.15, 0.2) is 4.52 Å². The lowest BCUT2D eigenvalue weighted by molar-refractivity contribution is 0.170. The summed E-state index contributed by atoms with van der Waals surface area (Å²) < 4.78 is 10.2. The van der Waals surface area contributed by atoms with Crippen LogP contribution in [0.1, 0.15) is 43.8 Å². The molecule has 5 nitrogen and oxygen atoms in total. The first-order valence-corrected chi connectivity index (χ1v) is 5.27. The van der Waals surface area contributed by atoms with Gasteiger partial charge in [0.25, 0.3) is 0 Å². The van der Waals surface area contributed by atoms with Gasteiger partial charge in [-0.25, -0.2) is 0 Å². The summed E-state index contributed by atoms with van der Waals surface area (Å²) in [7, 11) is 1.66. The highest BCUT2D eigenvalue weighted by Gasteiger charge is 2.39. The number of aromatic nitrogens is 2. The molecular formula is C10H18ClN3O2. The molecule has 2 N–H and O–H groups in total. The molecule has 1 aliphatic rings. The minimum Gasteiger partial charge on any atom is -0.384 e. The van der Waals surface area contributed by atoms with E-state index in [1.54, 1.807) is 7.11 Å². The molecule has 0 aromatic carbocycles. The van der Waals surface area contributed by atoms with Gasteiger partial charge in [-0.15, -0.1) is 12.4 Å². The Morgan fingerprint density at radius 1 is 1.56 bits per heavy atom. The second-order valence-electron chi connectivity index (χ2n) is 4.32. The van der Waals surface area contributed by atoms with Crippen LogP contribution >= 0.6 is 12.4 Å². The zero-order valence-electron chi connectivity index (χ0n) is 9.60. The normalized spacial score (nSPS) is 19.7. The third-order valence-corrected chi connectivity index (χ3v) is 2.97. The largest absolute Gasteiger partial charge is 0.384 e. The van der Waals surface area contributed by atoms with Gasteiger partial charge >= 0.3 is 0 Å². The summed E-state index contributed by atoms with van der Waals surface area (Å²) in [6.45, 7) is 2.57. The van der Waals surface area contributed by atoms with Crippen LogP contribution in [0.5, 0.6) is 0 Å². The minimum absolute atomic E-state index is 0. The molecule has 1 saturated carbocycles. The van der Waals surface area contributed by atoms with Crippen LogP contribution in [0.3, 0.4) is 0 Å². The smallest absolute Gasteiger partial charge is 0.231 e. The van der Waals surface area contributed by atoms with Crippen molar-refractivity contribution in [1.82, 2.24) is 10.1 Å². The fourth-order valence-electron chi connectivity index (χ4n) is 1.74. The predicted molar refractivity (Wildman–Crippen MR) is 61.6 cm³/mol. The van der Waals surface area contributed by atoms with Crippen molar-refractivity contribution in [1.29, 1.82) is 0 Å². The summed E-state index contributed by atoms with van der Waals surface area (Å²) in [4.78, 5) is 4.34. The molecule has 0 bridgehead atoms. The molecule has 0 saturated heterocycles. The molecule has 1 heterocycles. The van der Waals surface area contributed by atoms with Gasteiger partial charge in [0, 0.05) is 7.11 Å². The quantitative estimate of drug-likeness (QED) is 0.874. The molecule has 1 unspecified atom stereocenters. The van der Waals surface area contributed by atoms with Crippen molar-refractivity contribution >= 4 is 12.4 Å². The SMILES string of the molecule is COCC(C)c1nc(C2(N)CCC2)no1.Cl. The van der Waals surface area contributed by atoms with Crippen LogP contribution < -0.4 is 5.73 Å². The third-order valence-electron chi connectivity index (χ3n) is 2.97. The van der Waals surface area contributed by atoms with Gasteiger partial charge in [-0.05, 0) is 19.3 Å². The van der Waals surface area contributed by atoms with E-state index < -0.39 is 0 Å². The highest BCUT2D eigenvalue weighted by atomic mass is 35.5. The van der Waals surface area contributed by atoms with Gasteiger partial charge in [0.05, 0.1) is 18.1 Å². The van der Waals surface area contributed by atoms with Gasteiger partial charge < -0.3 is 15.0 Å². The van der Waals surface area contributed by atoms with E-state index in [1.165, 1.54) is 0 Å². The maximum atomic E-state index is 6.10. The van der Waals surface area contributed by atoms with Gasteiger partial charge in [0.2, 0.25) is 5.89 Å². The van der Waals surface area contributed by atoms with Gasteiger partial charge in [-0.1, -0.05) is 12.1 Å². The highest BCUT2D eigenvalue weighted by Crippen LogP contribution is 2.37. The van der Waals surface area contributed by atoms with Crippen LogP contribution in [-0.2, 0) is 10.3 Å². The number of nitrogens with two attached hydrogens (primary N) is 1. The van der Waals surface area contributed by atoms with E-state index in [1.807, 2.05) is 6.92 Å². The highest BCUT2D eigenvalue weighted by molar-refractivity contribution is 5.85. The summed E-state index contributed by atoms with van der Waals surface area (Å²) in [5.74, 6) is 1.38. The first-order chi connectivity index (χ1) is 7.15. The van der Waals surface area contributed by atoms with Gasteiger partial charge in [0.1, 0.15) is 0 Å². The molecular weight excluding hydrogens is 230 g/mol. The fourth-order valence-corrected chi connectivity index (χ4v) is 1.74. The van der Waals surface area contributed by atoms with E-state index in [0.717, 1.165) is 19.3 Å². The Kier molecular flexibility index (Phi) is 4.29. The maximum Gasteiger partial charge on any atom is 0.231 e. The summed E-state index contributed by atoms with van der Waals surface area (Å²) >= 11 is 0. The summed E-state index contributed by atoms with van der Waals surface area (Å²) in [5.41, 5.74) is 5.76. The Hall–Kier alpha value is -0.650. The zero-order chi connectivity index (χ0) is 10.9. The van der Waals surface area contributed by atoms with Crippen LogP contribution in [0.25, 0.3) is 0 Å². The van der Waals surface area contributed by atoms with Crippen LogP contribution in [0.4, 0.5) is 0 Å². The van der Waals surface area contributed by atoms with E-state index in [9.17, 15) is 0 Å². The molecule has 6 heteroatoms. The van der Waals surface area contributed by atoms with Crippen LogP contribution in [-0.4, -0.2) is 23.9 Å². The van der Waals surface area contributed by atoms with Crippen LogP contribution in [0.2, 0.25) is 0 Å². The lowest BCUT2D eigenvalue weighted by Crippen LogP contribution is -2.44. The minimum atomic E-state index is -0.339. The van der Waals surface area contributed by atoms with Crippen molar-refractivity contribution in [2.45, 2.75) is 37.6 Å². The number of hydrogen-bond donors (Lipinski definition) is 1. The molecule has 2 rings (SSSR count). The first kappa shape index (κ1) is 13.4. The Labute approximate surface area is 101 Å². The summed E-state index contributed by atoms with van der Waals surface area (Å²) in [6, 6.07) is 0. The number of halogens is 1. The Morgan fingerprint density at radius 2 is 2.25 bits per heavy atom. The molecule has 1 aromatic rings. The molecule has 0 aliphatic heterocycles.